The summed E-state index contributed by atoms with van der Waals surface area (Å²) in [7, 11) is 0. The highest BCUT2D eigenvalue weighted by Gasteiger charge is 2.30. The molecule has 3 heteroatoms. The van der Waals surface area contributed by atoms with Crippen molar-refractivity contribution in [3.63, 3.8) is 0 Å². The summed E-state index contributed by atoms with van der Waals surface area (Å²) in [5.74, 6) is 0.321. The Morgan fingerprint density at radius 3 is 1.30 bits per heavy atom. The van der Waals surface area contributed by atoms with Gasteiger partial charge in [-0.05, 0) is 148 Å². The van der Waals surface area contributed by atoms with E-state index in [0.717, 1.165) is 72.6 Å². The van der Waals surface area contributed by atoms with Gasteiger partial charge in [0.1, 0.15) is 0 Å². The number of hydrogen-bond donors (Lipinski definition) is 0. The van der Waals surface area contributed by atoms with Crippen LogP contribution < -0.4 is 0 Å². The Kier molecular flexibility index (Phi) is 11.5. The Morgan fingerprint density at radius 2 is 0.875 bits per heavy atom. The van der Waals surface area contributed by atoms with Crippen LogP contribution in [0.1, 0.15) is 109 Å². The van der Waals surface area contributed by atoms with Crippen LogP contribution in [-0.2, 0) is 36.4 Å². The molecule has 0 aliphatic rings. The first kappa shape index (κ1) is 39.2. The SMILES string of the molecule is [2H]C([2H])(c1cnc(-c2ccccc2)cc1-c1ccc(C(C)C)cc1)C([2H])([2H])c1c(C)c(CC(C)(C)c2ccc(-c3ccccc3)nc2)c(C)c(CC(C)(C)c2ccc(-c3ccccc3)nc2)c1C. The number of aromatic nitrogens is 3. The topological polar surface area (TPSA) is 38.7 Å². The first-order valence-electron chi connectivity index (χ1n) is 24.6. The second-order valence-electron chi connectivity index (χ2n) is 18.9. The van der Waals surface area contributed by atoms with E-state index in [1.807, 2.05) is 111 Å². The lowest BCUT2D eigenvalue weighted by atomic mass is 9.72. The van der Waals surface area contributed by atoms with Crippen molar-refractivity contribution in [2.75, 3.05) is 0 Å². The summed E-state index contributed by atoms with van der Waals surface area (Å²) < 4.78 is 40.8. The number of pyridine rings is 3. The summed E-state index contributed by atoms with van der Waals surface area (Å²) in [6.07, 6.45) is 1.65. The molecule has 0 radical (unpaired) electrons. The summed E-state index contributed by atoms with van der Waals surface area (Å²) in [6, 6.07) is 48.9. The molecule has 0 saturated heterocycles. The fraction of sp³-hybridized carbons (Fsp3) is 0.262. The first-order valence-corrected chi connectivity index (χ1v) is 22.6. The Labute approximate surface area is 388 Å². The highest BCUT2D eigenvalue weighted by atomic mass is 14.7. The fourth-order valence-corrected chi connectivity index (χ4v) is 9.02. The largest absolute Gasteiger partial charge is 0.256 e. The van der Waals surface area contributed by atoms with Gasteiger partial charge in [0, 0.05) is 40.8 Å². The van der Waals surface area contributed by atoms with E-state index in [1.165, 1.54) is 5.56 Å². The van der Waals surface area contributed by atoms with E-state index in [4.69, 9.17) is 15.0 Å². The van der Waals surface area contributed by atoms with Crippen LogP contribution in [0, 0.1) is 20.8 Å². The van der Waals surface area contributed by atoms with Gasteiger partial charge in [0.2, 0.25) is 0 Å². The van der Waals surface area contributed by atoms with Crippen molar-refractivity contribution in [1.29, 1.82) is 0 Å². The van der Waals surface area contributed by atoms with Crippen LogP contribution in [-0.4, -0.2) is 15.0 Å². The van der Waals surface area contributed by atoms with Crippen molar-refractivity contribution in [2.24, 2.45) is 0 Å². The first-order chi connectivity index (χ1) is 32.3. The molecule has 5 aromatic carbocycles. The van der Waals surface area contributed by atoms with Crippen molar-refractivity contribution in [2.45, 2.75) is 105 Å². The van der Waals surface area contributed by atoms with Crippen molar-refractivity contribution in [1.82, 2.24) is 15.0 Å². The molecule has 8 aromatic rings. The van der Waals surface area contributed by atoms with Gasteiger partial charge in [-0.2, -0.15) is 0 Å². The van der Waals surface area contributed by atoms with Crippen LogP contribution in [0.3, 0.4) is 0 Å². The minimum Gasteiger partial charge on any atom is -0.256 e. The average Bonchev–Trinajstić information content (AvgIpc) is 3.35. The number of benzene rings is 5. The predicted molar refractivity (Wildman–Crippen MR) is 270 cm³/mol. The second-order valence-corrected chi connectivity index (χ2v) is 18.9. The van der Waals surface area contributed by atoms with Gasteiger partial charge in [0.15, 0.2) is 0 Å². The number of rotatable bonds is 14. The molecule has 0 aliphatic carbocycles. The lowest BCUT2D eigenvalue weighted by molar-refractivity contribution is 0.507. The third-order valence-corrected chi connectivity index (χ3v) is 13.2. The third-order valence-electron chi connectivity index (χ3n) is 13.2. The maximum atomic E-state index is 10.3. The molecule has 0 aliphatic heterocycles. The molecule has 0 fully saturated rings. The van der Waals surface area contributed by atoms with Gasteiger partial charge in [-0.25, -0.2) is 0 Å². The maximum Gasteiger partial charge on any atom is 0.0708 e. The minimum atomic E-state index is -2.53. The molecular weight excluding hydrogens is 775 g/mol. The number of aryl methyl sites for hydroxylation is 1. The van der Waals surface area contributed by atoms with Crippen LogP contribution >= 0.6 is 0 Å². The van der Waals surface area contributed by atoms with Crippen LogP contribution in [0.4, 0.5) is 0 Å². The van der Waals surface area contributed by atoms with Crippen molar-refractivity contribution >= 4 is 0 Å². The Morgan fingerprint density at radius 1 is 0.453 bits per heavy atom. The smallest absolute Gasteiger partial charge is 0.0708 e. The molecule has 3 nitrogen and oxygen atoms in total. The average molecular weight is 842 g/mol. The quantitative estimate of drug-likeness (QED) is 0.109. The van der Waals surface area contributed by atoms with Gasteiger partial charge in [-0.3, -0.25) is 15.0 Å². The maximum absolute atomic E-state index is 10.3. The van der Waals surface area contributed by atoms with Gasteiger partial charge in [-0.1, -0.05) is 169 Å². The minimum absolute atomic E-state index is 0.205. The highest BCUT2D eigenvalue weighted by Crippen LogP contribution is 2.39. The molecule has 0 atom stereocenters. The highest BCUT2D eigenvalue weighted by molar-refractivity contribution is 5.73. The lowest BCUT2D eigenvalue weighted by Crippen LogP contribution is -2.26. The predicted octanol–water partition coefficient (Wildman–Crippen LogP) is 15.4. The van der Waals surface area contributed by atoms with Crippen LogP contribution in [0.25, 0.3) is 44.9 Å². The summed E-state index contributed by atoms with van der Waals surface area (Å²) in [5.41, 5.74) is 14.7. The van der Waals surface area contributed by atoms with Gasteiger partial charge in [-0.15, -0.1) is 0 Å². The van der Waals surface area contributed by atoms with Crippen molar-refractivity contribution in [3.05, 3.63) is 220 Å². The molecule has 3 aromatic heterocycles. The van der Waals surface area contributed by atoms with Gasteiger partial charge in [0.25, 0.3) is 0 Å². The molecule has 64 heavy (non-hydrogen) atoms. The Hall–Kier alpha value is -6.45. The Bertz CT molecular complexity index is 2890. The monoisotopic (exact) mass is 842 g/mol. The normalized spacial score (nSPS) is 13.3. The summed E-state index contributed by atoms with van der Waals surface area (Å²) in [4.78, 5) is 14.7. The van der Waals surface area contributed by atoms with Gasteiger partial charge < -0.3 is 0 Å². The zero-order valence-electron chi connectivity index (χ0n) is 42.9. The van der Waals surface area contributed by atoms with Gasteiger partial charge >= 0.3 is 0 Å². The van der Waals surface area contributed by atoms with E-state index < -0.39 is 23.6 Å². The molecule has 0 unspecified atom stereocenters. The molecular formula is C61H63N3. The second kappa shape index (κ2) is 18.7. The molecule has 3 heterocycles. The van der Waals surface area contributed by atoms with E-state index >= 15 is 0 Å². The van der Waals surface area contributed by atoms with E-state index in [1.54, 1.807) is 6.20 Å². The van der Waals surface area contributed by atoms with Crippen LogP contribution in [0.15, 0.2) is 164 Å². The number of nitrogens with zero attached hydrogens (tertiary/aromatic N) is 3. The third kappa shape index (κ3) is 9.55. The molecule has 0 bridgehead atoms. The summed E-state index contributed by atoms with van der Waals surface area (Å²) >= 11 is 0. The van der Waals surface area contributed by atoms with E-state index in [-0.39, 0.29) is 5.56 Å². The van der Waals surface area contributed by atoms with Crippen molar-refractivity contribution < 1.29 is 5.48 Å². The van der Waals surface area contributed by atoms with Crippen LogP contribution in [0.5, 0.6) is 0 Å². The summed E-state index contributed by atoms with van der Waals surface area (Å²) in [6.45, 7) is 19.4. The lowest BCUT2D eigenvalue weighted by Gasteiger charge is -2.33. The zero-order valence-corrected chi connectivity index (χ0v) is 38.9. The molecule has 0 saturated carbocycles. The molecule has 0 amide bonds. The Balaban J connectivity index is 1.27. The van der Waals surface area contributed by atoms with Gasteiger partial charge in [0.05, 0.1) is 17.1 Å². The van der Waals surface area contributed by atoms with E-state index in [2.05, 4.69) is 109 Å². The molecule has 8 rings (SSSR count). The van der Waals surface area contributed by atoms with Crippen LogP contribution in [0.2, 0.25) is 0 Å². The molecule has 0 spiro atoms. The zero-order chi connectivity index (χ0) is 48.6. The standard InChI is InChI=1S/C61H63N3/c1-41(2)45-25-27-46(28-26-45)54-35-59(49-23-17-12-18-24-49)62-38-50(54)29-32-53-42(3)55(36-60(6,7)51-30-33-57(63-39-51)47-19-13-10-14-20-47)44(5)56(43(53)4)37-61(8,9)52-31-34-58(64-40-52)48-21-15-11-16-22-48/h10-28,30-31,33-35,38-41H,29,32,36-37H2,1-9H3/i29D2,32D2. The fourth-order valence-electron chi connectivity index (χ4n) is 9.02. The van der Waals surface area contributed by atoms with E-state index in [0.29, 0.717) is 35.6 Å². The van der Waals surface area contributed by atoms with E-state index in [9.17, 15) is 5.48 Å². The number of hydrogen-bond acceptors (Lipinski definition) is 3. The summed E-state index contributed by atoms with van der Waals surface area (Å²) in [5, 5.41) is 0. The molecule has 0 N–H and O–H groups in total. The molecule has 322 valence electrons. The van der Waals surface area contributed by atoms with Crippen molar-refractivity contribution in [3.8, 4) is 44.9 Å².